The van der Waals surface area contributed by atoms with E-state index in [0.29, 0.717) is 15.6 Å². The van der Waals surface area contributed by atoms with Gasteiger partial charge in [0.15, 0.2) is 0 Å². The van der Waals surface area contributed by atoms with Gasteiger partial charge in [-0.05, 0) is 37.1 Å². The average molecular weight is 363 g/mol. The van der Waals surface area contributed by atoms with Gasteiger partial charge in [-0.3, -0.25) is 9.69 Å². The normalized spacial score (nSPS) is 20.4. The predicted molar refractivity (Wildman–Crippen MR) is 94.1 cm³/mol. The molecule has 0 aliphatic carbocycles. The highest BCUT2D eigenvalue weighted by Crippen LogP contribution is 2.35. The molecule has 24 heavy (non-hydrogen) atoms. The number of hydrogen-bond donors (Lipinski definition) is 1. The molecular weight excluding hydrogens is 347 g/mol. The van der Waals surface area contributed by atoms with Crippen molar-refractivity contribution >= 4 is 35.1 Å². The van der Waals surface area contributed by atoms with Gasteiger partial charge >= 0.3 is 6.03 Å². The highest BCUT2D eigenvalue weighted by Gasteiger charge is 2.49. The molecule has 1 saturated heterocycles. The van der Waals surface area contributed by atoms with Gasteiger partial charge in [-0.25, -0.2) is 4.79 Å². The van der Waals surface area contributed by atoms with Crippen molar-refractivity contribution < 1.29 is 9.59 Å². The lowest BCUT2D eigenvalue weighted by atomic mass is 9.92. The fourth-order valence-corrected chi connectivity index (χ4v) is 3.47. The first kappa shape index (κ1) is 16.8. The van der Waals surface area contributed by atoms with Gasteiger partial charge in [0.1, 0.15) is 5.54 Å². The molecule has 1 heterocycles. The molecule has 3 rings (SSSR count). The van der Waals surface area contributed by atoms with Crippen LogP contribution >= 0.6 is 23.2 Å². The molecule has 1 fully saturated rings. The molecule has 1 N–H and O–H groups in total. The van der Waals surface area contributed by atoms with E-state index in [9.17, 15) is 9.59 Å². The molecule has 124 valence electrons. The lowest BCUT2D eigenvalue weighted by molar-refractivity contribution is -0.131. The summed E-state index contributed by atoms with van der Waals surface area (Å²) in [7, 11) is 0. The molecule has 1 atom stereocenters. The third-order valence-corrected chi connectivity index (χ3v) is 4.88. The van der Waals surface area contributed by atoms with Gasteiger partial charge in [0.2, 0.25) is 0 Å². The number of carbonyl (C=O) groups is 2. The molecule has 4 nitrogen and oxygen atoms in total. The predicted octanol–water partition coefficient (Wildman–Crippen LogP) is 4.27. The summed E-state index contributed by atoms with van der Waals surface area (Å²) in [5.74, 6) is -0.333. The summed E-state index contributed by atoms with van der Waals surface area (Å²) in [6.45, 7) is 3.82. The van der Waals surface area contributed by atoms with Crippen LogP contribution in [0.2, 0.25) is 10.0 Å². The van der Waals surface area contributed by atoms with E-state index in [2.05, 4.69) is 5.32 Å². The standard InChI is InChI=1S/C18H16Cl2N2O2/c1-11-5-3-4-6-12(11)10-22-16(23)18(2,21-17(22)24)14-8-7-13(19)9-15(14)20/h3-9H,10H2,1-2H3,(H,21,24). The number of carbonyl (C=O) groups excluding carboxylic acids is 2. The van der Waals surface area contributed by atoms with E-state index in [0.717, 1.165) is 11.1 Å². The van der Waals surface area contributed by atoms with Crippen molar-refractivity contribution in [3.63, 3.8) is 0 Å². The Hall–Kier alpha value is -2.04. The number of nitrogens with zero attached hydrogens (tertiary/aromatic N) is 1. The van der Waals surface area contributed by atoms with Crippen molar-refractivity contribution in [3.8, 4) is 0 Å². The Morgan fingerprint density at radius 2 is 1.83 bits per heavy atom. The van der Waals surface area contributed by atoms with E-state index in [-0.39, 0.29) is 12.5 Å². The Labute approximate surface area is 150 Å². The lowest BCUT2D eigenvalue weighted by Crippen LogP contribution is -2.41. The van der Waals surface area contributed by atoms with E-state index in [1.54, 1.807) is 25.1 Å². The summed E-state index contributed by atoms with van der Waals surface area (Å²) in [6, 6.07) is 12.1. The van der Waals surface area contributed by atoms with Gasteiger partial charge in [-0.1, -0.05) is 53.5 Å². The number of rotatable bonds is 3. The minimum absolute atomic E-state index is 0.220. The molecule has 3 amide bonds. The van der Waals surface area contributed by atoms with Gasteiger partial charge < -0.3 is 5.32 Å². The Morgan fingerprint density at radius 3 is 2.50 bits per heavy atom. The van der Waals surface area contributed by atoms with E-state index in [4.69, 9.17) is 23.2 Å². The molecule has 1 unspecified atom stereocenters. The van der Waals surface area contributed by atoms with Gasteiger partial charge in [0.05, 0.1) is 6.54 Å². The number of imide groups is 1. The largest absolute Gasteiger partial charge is 0.325 e. The maximum absolute atomic E-state index is 12.9. The van der Waals surface area contributed by atoms with Crippen LogP contribution in [0.4, 0.5) is 4.79 Å². The van der Waals surface area contributed by atoms with Crippen LogP contribution in [-0.2, 0) is 16.9 Å². The number of benzene rings is 2. The van der Waals surface area contributed by atoms with Crippen LogP contribution in [-0.4, -0.2) is 16.8 Å². The van der Waals surface area contributed by atoms with E-state index in [1.807, 2.05) is 31.2 Å². The van der Waals surface area contributed by atoms with Crippen LogP contribution in [0, 0.1) is 6.92 Å². The maximum atomic E-state index is 12.9. The van der Waals surface area contributed by atoms with Gasteiger partial charge in [0, 0.05) is 15.6 Å². The zero-order valence-electron chi connectivity index (χ0n) is 13.3. The Morgan fingerprint density at radius 1 is 1.12 bits per heavy atom. The smallest absolute Gasteiger partial charge is 0.319 e. The van der Waals surface area contributed by atoms with Gasteiger partial charge in [-0.15, -0.1) is 0 Å². The number of hydrogen-bond acceptors (Lipinski definition) is 2. The third kappa shape index (κ3) is 2.76. The molecule has 0 saturated carbocycles. The monoisotopic (exact) mass is 362 g/mol. The van der Waals surface area contributed by atoms with Crippen molar-refractivity contribution in [2.24, 2.45) is 0 Å². The lowest BCUT2D eigenvalue weighted by Gasteiger charge is -2.23. The van der Waals surface area contributed by atoms with E-state index < -0.39 is 11.6 Å². The first-order chi connectivity index (χ1) is 11.3. The quantitative estimate of drug-likeness (QED) is 0.828. The summed E-state index contributed by atoms with van der Waals surface area (Å²) in [4.78, 5) is 26.5. The minimum atomic E-state index is -1.21. The number of halogens is 2. The maximum Gasteiger partial charge on any atom is 0.325 e. The van der Waals surface area contributed by atoms with Crippen LogP contribution in [0.1, 0.15) is 23.6 Å². The van der Waals surface area contributed by atoms with Crippen LogP contribution in [0.3, 0.4) is 0 Å². The number of urea groups is 1. The van der Waals surface area contributed by atoms with Crippen molar-refractivity contribution in [1.29, 1.82) is 0 Å². The molecule has 0 aromatic heterocycles. The molecule has 2 aromatic carbocycles. The Kier molecular flexibility index (Phi) is 4.28. The van der Waals surface area contributed by atoms with Crippen LogP contribution in [0.15, 0.2) is 42.5 Å². The summed E-state index contributed by atoms with van der Waals surface area (Å²) < 4.78 is 0. The van der Waals surface area contributed by atoms with Gasteiger partial charge in [-0.2, -0.15) is 0 Å². The number of nitrogens with one attached hydrogen (secondary N) is 1. The van der Waals surface area contributed by atoms with Crippen molar-refractivity contribution in [3.05, 3.63) is 69.2 Å². The first-order valence-corrected chi connectivity index (χ1v) is 8.22. The second-order valence-electron chi connectivity index (χ2n) is 6.00. The molecule has 0 bridgehead atoms. The number of aryl methyl sites for hydroxylation is 1. The molecule has 1 aliphatic rings. The fourth-order valence-electron chi connectivity index (χ4n) is 2.88. The first-order valence-electron chi connectivity index (χ1n) is 7.47. The van der Waals surface area contributed by atoms with E-state index in [1.165, 1.54) is 4.90 Å². The SMILES string of the molecule is Cc1ccccc1CN1C(=O)NC(C)(c2ccc(Cl)cc2Cl)C1=O. The molecule has 0 radical (unpaired) electrons. The molecule has 0 spiro atoms. The average Bonchev–Trinajstić information content (AvgIpc) is 2.73. The summed E-state index contributed by atoms with van der Waals surface area (Å²) >= 11 is 12.2. The van der Waals surface area contributed by atoms with Crippen LogP contribution in [0.5, 0.6) is 0 Å². The number of amides is 3. The molecule has 1 aliphatic heterocycles. The highest BCUT2D eigenvalue weighted by atomic mass is 35.5. The van der Waals surface area contributed by atoms with Gasteiger partial charge in [0.25, 0.3) is 5.91 Å². The summed E-state index contributed by atoms with van der Waals surface area (Å²) in [5, 5.41) is 3.57. The zero-order chi connectivity index (χ0) is 17.5. The highest BCUT2D eigenvalue weighted by molar-refractivity contribution is 6.35. The molecule has 2 aromatic rings. The Balaban J connectivity index is 1.95. The fraction of sp³-hybridized carbons (Fsp3) is 0.222. The second-order valence-corrected chi connectivity index (χ2v) is 6.84. The third-order valence-electron chi connectivity index (χ3n) is 4.33. The second kappa shape index (κ2) is 6.11. The Bertz CT molecular complexity index is 838. The van der Waals surface area contributed by atoms with Crippen molar-refractivity contribution in [2.75, 3.05) is 0 Å². The summed E-state index contributed by atoms with van der Waals surface area (Å²) in [5.41, 5.74) is 1.27. The van der Waals surface area contributed by atoms with Crippen LogP contribution in [0.25, 0.3) is 0 Å². The molecular formula is C18H16Cl2N2O2. The van der Waals surface area contributed by atoms with Crippen molar-refractivity contribution in [1.82, 2.24) is 10.2 Å². The molecule has 6 heteroatoms. The van der Waals surface area contributed by atoms with Crippen molar-refractivity contribution in [2.45, 2.75) is 25.9 Å². The van der Waals surface area contributed by atoms with Crippen LogP contribution < -0.4 is 5.32 Å². The van der Waals surface area contributed by atoms with E-state index >= 15 is 0 Å². The zero-order valence-corrected chi connectivity index (χ0v) is 14.8. The summed E-state index contributed by atoms with van der Waals surface area (Å²) in [6.07, 6.45) is 0. The topological polar surface area (TPSA) is 49.4 Å². The minimum Gasteiger partial charge on any atom is -0.319 e.